The zero-order valence-corrected chi connectivity index (χ0v) is 12.3. The van der Waals surface area contributed by atoms with Crippen molar-refractivity contribution in [3.63, 3.8) is 0 Å². The molecule has 0 fully saturated rings. The number of nitrogens with two attached hydrogens (primary N) is 1. The Morgan fingerprint density at radius 3 is 2.56 bits per heavy atom. The second-order valence-corrected chi connectivity index (χ2v) is 5.64. The van der Waals surface area contributed by atoms with Crippen LogP contribution in [0.15, 0.2) is 12.1 Å². The summed E-state index contributed by atoms with van der Waals surface area (Å²) in [5.74, 6) is 0. The molecule has 0 aliphatic rings. The van der Waals surface area contributed by atoms with Crippen molar-refractivity contribution >= 4 is 22.9 Å². The van der Waals surface area contributed by atoms with Gasteiger partial charge in [0.1, 0.15) is 6.10 Å². The zero-order valence-electron chi connectivity index (χ0n) is 10.7. The van der Waals surface area contributed by atoms with Crippen molar-refractivity contribution in [1.29, 1.82) is 0 Å². The van der Waals surface area contributed by atoms with Gasteiger partial charge in [-0.25, -0.2) is 0 Å². The highest BCUT2D eigenvalue weighted by Gasteiger charge is 2.18. The van der Waals surface area contributed by atoms with Crippen LogP contribution in [0.1, 0.15) is 17.9 Å². The third kappa shape index (κ3) is 5.65. The Bertz CT molecular complexity index is 333. The van der Waals surface area contributed by atoms with Crippen molar-refractivity contribution in [2.24, 2.45) is 5.73 Å². The molecule has 6 heteroatoms. The molecule has 0 amide bonds. The summed E-state index contributed by atoms with van der Waals surface area (Å²) in [7, 11) is 1.65. The van der Waals surface area contributed by atoms with Crippen molar-refractivity contribution in [3.05, 3.63) is 21.3 Å². The average Bonchev–Trinajstić information content (AvgIpc) is 2.74. The Hall–Kier alpha value is -0.170. The number of methoxy groups -OCH3 is 1. The van der Waals surface area contributed by atoms with E-state index in [2.05, 4.69) is 0 Å². The first-order chi connectivity index (χ1) is 8.65. The van der Waals surface area contributed by atoms with Crippen LogP contribution in [0.4, 0.5) is 0 Å². The van der Waals surface area contributed by atoms with E-state index in [9.17, 15) is 0 Å². The van der Waals surface area contributed by atoms with Crippen LogP contribution < -0.4 is 5.73 Å². The molecule has 2 atom stereocenters. The van der Waals surface area contributed by atoms with Crippen molar-refractivity contribution in [1.82, 2.24) is 0 Å². The molecule has 0 spiro atoms. The molecule has 0 saturated carbocycles. The number of hydrogen-bond donors (Lipinski definition) is 1. The number of ether oxygens (including phenoxy) is 3. The minimum absolute atomic E-state index is 0.0845. The highest BCUT2D eigenvalue weighted by atomic mass is 35.5. The first kappa shape index (κ1) is 15.9. The molecule has 0 aliphatic carbocycles. The smallest absolute Gasteiger partial charge is 0.107 e. The van der Waals surface area contributed by atoms with Gasteiger partial charge >= 0.3 is 0 Å². The van der Waals surface area contributed by atoms with Crippen LogP contribution in [0, 0.1) is 0 Å². The van der Waals surface area contributed by atoms with Gasteiger partial charge < -0.3 is 19.9 Å². The Morgan fingerprint density at radius 1 is 1.28 bits per heavy atom. The lowest BCUT2D eigenvalue weighted by Crippen LogP contribution is -2.27. The normalized spacial score (nSPS) is 14.7. The molecule has 1 aromatic heterocycles. The summed E-state index contributed by atoms with van der Waals surface area (Å²) < 4.78 is 16.7. The van der Waals surface area contributed by atoms with E-state index in [4.69, 9.17) is 31.5 Å². The van der Waals surface area contributed by atoms with Crippen LogP contribution >= 0.6 is 22.9 Å². The lowest BCUT2D eigenvalue weighted by molar-refractivity contribution is -0.0129. The average molecular weight is 294 g/mol. The predicted molar refractivity (Wildman–Crippen MR) is 74.4 cm³/mol. The number of rotatable bonds is 9. The fraction of sp³-hybridized carbons (Fsp3) is 0.667. The summed E-state index contributed by atoms with van der Waals surface area (Å²) in [6.07, 6.45) is -0.131. The van der Waals surface area contributed by atoms with E-state index < -0.39 is 0 Å². The standard InChI is InChI=1S/C12H20ClNO3S/c1-9(14)12(10-3-4-11(13)18-10)17-8-7-16-6-5-15-2/h3-4,9,12H,5-8,14H2,1-2H3. The number of hydrogen-bond acceptors (Lipinski definition) is 5. The molecule has 2 unspecified atom stereocenters. The van der Waals surface area contributed by atoms with Crippen molar-refractivity contribution < 1.29 is 14.2 Å². The third-order valence-corrected chi connectivity index (χ3v) is 3.60. The van der Waals surface area contributed by atoms with Gasteiger partial charge in [0.2, 0.25) is 0 Å². The summed E-state index contributed by atoms with van der Waals surface area (Å²) in [4.78, 5) is 1.05. The third-order valence-electron chi connectivity index (χ3n) is 2.31. The molecule has 0 saturated heterocycles. The Balaban J connectivity index is 2.31. The van der Waals surface area contributed by atoms with Gasteiger partial charge in [0.25, 0.3) is 0 Å². The number of thiophene rings is 1. The maximum absolute atomic E-state index is 5.92. The van der Waals surface area contributed by atoms with E-state index >= 15 is 0 Å². The first-order valence-corrected chi connectivity index (χ1v) is 7.03. The Kier molecular flexibility index (Phi) is 7.81. The molecule has 1 heterocycles. The topological polar surface area (TPSA) is 53.7 Å². The van der Waals surface area contributed by atoms with Gasteiger partial charge in [-0.1, -0.05) is 11.6 Å². The van der Waals surface area contributed by atoms with E-state index in [1.165, 1.54) is 11.3 Å². The van der Waals surface area contributed by atoms with Crippen LogP contribution in [0.5, 0.6) is 0 Å². The van der Waals surface area contributed by atoms with Gasteiger partial charge in [-0.3, -0.25) is 0 Å². The maximum Gasteiger partial charge on any atom is 0.107 e. The lowest BCUT2D eigenvalue weighted by atomic mass is 10.1. The number of halogens is 1. The molecule has 18 heavy (non-hydrogen) atoms. The quantitative estimate of drug-likeness (QED) is 0.711. The minimum Gasteiger partial charge on any atom is -0.382 e. The van der Waals surface area contributed by atoms with Gasteiger partial charge in [-0.15, -0.1) is 11.3 Å². The Labute approximate surface area is 117 Å². The monoisotopic (exact) mass is 293 g/mol. The fourth-order valence-electron chi connectivity index (χ4n) is 1.45. The molecule has 0 aromatic carbocycles. The predicted octanol–water partition coefficient (Wildman–Crippen LogP) is 2.47. The molecular weight excluding hydrogens is 274 g/mol. The largest absolute Gasteiger partial charge is 0.382 e. The lowest BCUT2D eigenvalue weighted by Gasteiger charge is -2.20. The molecule has 0 radical (unpaired) electrons. The van der Waals surface area contributed by atoms with Crippen LogP contribution in [0.2, 0.25) is 4.34 Å². The van der Waals surface area contributed by atoms with Crippen molar-refractivity contribution in [3.8, 4) is 0 Å². The second-order valence-electron chi connectivity index (χ2n) is 3.90. The second kappa shape index (κ2) is 8.85. The molecule has 1 aromatic rings. The van der Waals surface area contributed by atoms with Gasteiger partial charge in [0.15, 0.2) is 0 Å². The van der Waals surface area contributed by atoms with E-state index in [1.807, 2.05) is 19.1 Å². The highest BCUT2D eigenvalue weighted by molar-refractivity contribution is 7.16. The Morgan fingerprint density at radius 2 is 2.00 bits per heavy atom. The van der Waals surface area contributed by atoms with E-state index in [-0.39, 0.29) is 12.1 Å². The SMILES string of the molecule is COCCOCCOC(c1ccc(Cl)s1)C(C)N. The highest BCUT2D eigenvalue weighted by Crippen LogP contribution is 2.30. The van der Waals surface area contributed by atoms with Gasteiger partial charge in [0, 0.05) is 18.0 Å². The molecule has 0 aliphatic heterocycles. The summed E-state index contributed by atoms with van der Waals surface area (Å²) >= 11 is 7.41. The molecule has 104 valence electrons. The summed E-state index contributed by atoms with van der Waals surface area (Å²) in [6.45, 7) is 4.13. The molecule has 2 N–H and O–H groups in total. The van der Waals surface area contributed by atoms with Crippen molar-refractivity contribution in [2.75, 3.05) is 33.5 Å². The maximum atomic E-state index is 5.92. The van der Waals surface area contributed by atoms with Crippen LogP contribution in [0.25, 0.3) is 0 Å². The first-order valence-electron chi connectivity index (χ1n) is 5.84. The van der Waals surface area contributed by atoms with Gasteiger partial charge in [-0.2, -0.15) is 0 Å². The molecular formula is C12H20ClNO3S. The van der Waals surface area contributed by atoms with Gasteiger partial charge in [-0.05, 0) is 19.1 Å². The molecule has 0 bridgehead atoms. The van der Waals surface area contributed by atoms with Crippen LogP contribution in [-0.4, -0.2) is 39.6 Å². The van der Waals surface area contributed by atoms with E-state index in [1.54, 1.807) is 7.11 Å². The van der Waals surface area contributed by atoms with E-state index in [0.717, 1.165) is 9.21 Å². The summed E-state index contributed by atoms with van der Waals surface area (Å²) in [5, 5.41) is 0. The fourth-order valence-corrected chi connectivity index (χ4v) is 2.68. The van der Waals surface area contributed by atoms with Crippen LogP contribution in [0.3, 0.4) is 0 Å². The van der Waals surface area contributed by atoms with E-state index in [0.29, 0.717) is 26.4 Å². The van der Waals surface area contributed by atoms with Gasteiger partial charge in [0.05, 0.1) is 30.8 Å². The summed E-state index contributed by atoms with van der Waals surface area (Å²) in [5.41, 5.74) is 5.92. The molecule has 1 rings (SSSR count). The zero-order chi connectivity index (χ0) is 13.4. The summed E-state index contributed by atoms with van der Waals surface area (Å²) in [6, 6.07) is 3.72. The van der Waals surface area contributed by atoms with Crippen LogP contribution in [-0.2, 0) is 14.2 Å². The van der Waals surface area contributed by atoms with Crippen molar-refractivity contribution in [2.45, 2.75) is 19.1 Å². The minimum atomic E-state index is -0.131. The molecule has 4 nitrogen and oxygen atoms in total.